The van der Waals surface area contributed by atoms with E-state index in [2.05, 4.69) is 42.5 Å². The summed E-state index contributed by atoms with van der Waals surface area (Å²) in [6.45, 7) is 4.47. The van der Waals surface area contributed by atoms with Gasteiger partial charge in [0, 0.05) is 18.8 Å². The molecule has 0 saturated carbocycles. The lowest BCUT2D eigenvalue weighted by Crippen LogP contribution is -2.36. The van der Waals surface area contributed by atoms with Crippen LogP contribution in [0.5, 0.6) is 0 Å². The van der Waals surface area contributed by atoms with Gasteiger partial charge < -0.3 is 15.1 Å². The number of nitrogens with one attached hydrogen (secondary N) is 1. The topological polar surface area (TPSA) is 35.6 Å². The van der Waals surface area contributed by atoms with Crippen molar-refractivity contribution in [1.29, 1.82) is 0 Å². The quantitative estimate of drug-likeness (QED) is 0.786. The van der Waals surface area contributed by atoms with Crippen molar-refractivity contribution in [3.63, 3.8) is 0 Å². The van der Waals surface area contributed by atoms with E-state index >= 15 is 0 Å². The molecular weight excluding hydrogens is 310 g/mol. The predicted molar refractivity (Wildman–Crippen MR) is 105 cm³/mol. The van der Waals surface area contributed by atoms with Crippen LogP contribution in [0.1, 0.15) is 24.5 Å². The normalized spacial score (nSPS) is 10.7. The Hall–Kier alpha value is -2.33. The number of rotatable bonds is 8. The van der Waals surface area contributed by atoms with Crippen molar-refractivity contribution in [2.24, 2.45) is 0 Å². The zero-order valence-electron chi connectivity index (χ0n) is 15.5. The minimum absolute atomic E-state index is 0.0261. The third-order valence-electron chi connectivity index (χ3n) is 4.20. The molecule has 0 atom stereocenters. The number of anilines is 1. The van der Waals surface area contributed by atoms with Crippen LogP contribution in [0.2, 0.25) is 0 Å². The Kier molecular flexibility index (Phi) is 7.48. The highest BCUT2D eigenvalue weighted by atomic mass is 16.2. The van der Waals surface area contributed by atoms with Crippen molar-refractivity contribution in [1.82, 2.24) is 9.80 Å². The van der Waals surface area contributed by atoms with Crippen molar-refractivity contribution in [3.8, 4) is 0 Å². The first-order valence-electron chi connectivity index (χ1n) is 8.92. The predicted octanol–water partition coefficient (Wildman–Crippen LogP) is 4.08. The number of amides is 2. The van der Waals surface area contributed by atoms with E-state index in [0.717, 1.165) is 37.2 Å². The van der Waals surface area contributed by atoms with Gasteiger partial charge in [-0.25, -0.2) is 4.79 Å². The van der Waals surface area contributed by atoms with Crippen LogP contribution in [0.25, 0.3) is 0 Å². The van der Waals surface area contributed by atoms with Crippen molar-refractivity contribution in [2.75, 3.05) is 39.0 Å². The Labute approximate surface area is 151 Å². The first-order chi connectivity index (χ1) is 12.1. The Balaban J connectivity index is 2.02. The van der Waals surface area contributed by atoms with E-state index in [-0.39, 0.29) is 6.03 Å². The van der Waals surface area contributed by atoms with Gasteiger partial charge >= 0.3 is 6.03 Å². The maximum absolute atomic E-state index is 12.6. The maximum atomic E-state index is 12.6. The number of hydrogen-bond acceptors (Lipinski definition) is 2. The van der Waals surface area contributed by atoms with Crippen molar-refractivity contribution in [3.05, 3.63) is 65.7 Å². The summed E-state index contributed by atoms with van der Waals surface area (Å²) < 4.78 is 0. The fourth-order valence-corrected chi connectivity index (χ4v) is 2.79. The van der Waals surface area contributed by atoms with Crippen LogP contribution < -0.4 is 5.32 Å². The molecule has 2 rings (SSSR count). The number of benzene rings is 2. The highest BCUT2D eigenvalue weighted by Crippen LogP contribution is 2.19. The van der Waals surface area contributed by atoms with Gasteiger partial charge in [0.15, 0.2) is 0 Å². The summed E-state index contributed by atoms with van der Waals surface area (Å²) in [5, 5.41) is 3.09. The van der Waals surface area contributed by atoms with Crippen LogP contribution in [-0.4, -0.2) is 49.6 Å². The molecule has 134 valence electrons. The fraction of sp³-hybridized carbons (Fsp3) is 0.381. The Bertz CT molecular complexity index is 655. The van der Waals surface area contributed by atoms with Crippen LogP contribution in [0.4, 0.5) is 10.5 Å². The molecule has 2 aromatic rings. The molecule has 1 N–H and O–H groups in total. The summed E-state index contributed by atoms with van der Waals surface area (Å²) in [4.78, 5) is 16.6. The van der Waals surface area contributed by atoms with Crippen LogP contribution in [-0.2, 0) is 6.42 Å². The van der Waals surface area contributed by atoms with E-state index in [1.165, 1.54) is 5.56 Å². The third-order valence-corrected chi connectivity index (χ3v) is 4.20. The largest absolute Gasteiger partial charge is 0.325 e. The molecule has 0 unspecified atom stereocenters. The van der Waals surface area contributed by atoms with Crippen molar-refractivity contribution < 1.29 is 4.79 Å². The Morgan fingerprint density at radius 1 is 0.960 bits per heavy atom. The molecule has 0 saturated heterocycles. The Morgan fingerprint density at radius 3 is 2.32 bits per heavy atom. The summed E-state index contributed by atoms with van der Waals surface area (Å²) >= 11 is 0. The molecule has 25 heavy (non-hydrogen) atoms. The van der Waals surface area contributed by atoms with E-state index in [4.69, 9.17) is 0 Å². The zero-order chi connectivity index (χ0) is 18.1. The SMILES string of the molecule is CCN(CCCN(C)C)C(=O)Nc1ccccc1Cc1ccccc1. The molecule has 0 aliphatic rings. The minimum Gasteiger partial charge on any atom is -0.325 e. The second kappa shape index (κ2) is 9.84. The maximum Gasteiger partial charge on any atom is 0.321 e. The molecule has 0 aliphatic carbocycles. The van der Waals surface area contributed by atoms with Crippen molar-refractivity contribution >= 4 is 11.7 Å². The minimum atomic E-state index is -0.0261. The number of carbonyl (C=O) groups is 1. The van der Waals surface area contributed by atoms with Crippen LogP contribution in [0, 0.1) is 0 Å². The van der Waals surface area contributed by atoms with E-state index in [1.807, 2.05) is 48.2 Å². The lowest BCUT2D eigenvalue weighted by Gasteiger charge is -2.23. The Morgan fingerprint density at radius 2 is 1.64 bits per heavy atom. The number of hydrogen-bond donors (Lipinski definition) is 1. The molecule has 4 nitrogen and oxygen atoms in total. The molecule has 0 heterocycles. The van der Waals surface area contributed by atoms with E-state index in [1.54, 1.807) is 0 Å². The first-order valence-corrected chi connectivity index (χ1v) is 8.92. The first kappa shape index (κ1) is 19.0. The average Bonchev–Trinajstić information content (AvgIpc) is 2.61. The van der Waals surface area contributed by atoms with Gasteiger partial charge in [-0.1, -0.05) is 48.5 Å². The second-order valence-corrected chi connectivity index (χ2v) is 6.49. The third kappa shape index (κ3) is 6.24. The van der Waals surface area contributed by atoms with Gasteiger partial charge in [0.05, 0.1) is 0 Å². The van der Waals surface area contributed by atoms with E-state index in [9.17, 15) is 4.79 Å². The molecule has 0 radical (unpaired) electrons. The lowest BCUT2D eigenvalue weighted by molar-refractivity contribution is 0.211. The molecule has 0 aliphatic heterocycles. The second-order valence-electron chi connectivity index (χ2n) is 6.49. The molecule has 0 aromatic heterocycles. The van der Waals surface area contributed by atoms with Crippen LogP contribution in [0.15, 0.2) is 54.6 Å². The highest BCUT2D eigenvalue weighted by molar-refractivity contribution is 5.90. The molecule has 0 fully saturated rings. The molecule has 4 heteroatoms. The summed E-state index contributed by atoms with van der Waals surface area (Å²) in [5.74, 6) is 0. The fourth-order valence-electron chi connectivity index (χ4n) is 2.79. The van der Waals surface area contributed by atoms with Gasteiger partial charge in [-0.15, -0.1) is 0 Å². The van der Waals surface area contributed by atoms with Gasteiger partial charge in [-0.05, 0) is 57.6 Å². The van der Waals surface area contributed by atoms with Crippen molar-refractivity contribution in [2.45, 2.75) is 19.8 Å². The van der Waals surface area contributed by atoms with E-state index < -0.39 is 0 Å². The lowest BCUT2D eigenvalue weighted by atomic mass is 10.0. The number of para-hydroxylation sites is 1. The molecule has 0 spiro atoms. The number of urea groups is 1. The van der Waals surface area contributed by atoms with Crippen LogP contribution >= 0.6 is 0 Å². The molecule has 2 aromatic carbocycles. The summed E-state index contributed by atoms with van der Waals surface area (Å²) in [5.41, 5.74) is 3.26. The van der Waals surface area contributed by atoms with Crippen LogP contribution in [0.3, 0.4) is 0 Å². The standard InChI is InChI=1S/C21H29N3O/c1-4-24(16-10-15-23(2)3)21(25)22-20-14-9-8-13-19(20)17-18-11-6-5-7-12-18/h5-9,11-14H,4,10,15-17H2,1-3H3,(H,22,25). The van der Waals surface area contributed by atoms with E-state index in [0.29, 0.717) is 6.54 Å². The molecular formula is C21H29N3O. The molecule has 0 bridgehead atoms. The highest BCUT2D eigenvalue weighted by Gasteiger charge is 2.13. The summed E-state index contributed by atoms with van der Waals surface area (Å²) in [7, 11) is 4.10. The number of nitrogens with zero attached hydrogens (tertiary/aromatic N) is 2. The van der Waals surface area contributed by atoms with Gasteiger partial charge in [0.1, 0.15) is 0 Å². The van der Waals surface area contributed by atoms with Gasteiger partial charge in [-0.2, -0.15) is 0 Å². The van der Waals surface area contributed by atoms with Gasteiger partial charge in [0.25, 0.3) is 0 Å². The monoisotopic (exact) mass is 339 g/mol. The van der Waals surface area contributed by atoms with Gasteiger partial charge in [-0.3, -0.25) is 0 Å². The average molecular weight is 339 g/mol. The summed E-state index contributed by atoms with van der Waals surface area (Å²) in [6.07, 6.45) is 1.78. The van der Waals surface area contributed by atoms with Gasteiger partial charge in [0.2, 0.25) is 0 Å². The smallest absolute Gasteiger partial charge is 0.321 e. The zero-order valence-corrected chi connectivity index (χ0v) is 15.5. The number of carbonyl (C=O) groups excluding carboxylic acids is 1. The molecule has 2 amide bonds. The summed E-state index contributed by atoms with van der Waals surface area (Å²) in [6, 6.07) is 18.3.